The van der Waals surface area contributed by atoms with Crippen molar-refractivity contribution in [3.8, 4) is 11.5 Å². The molecule has 5 heteroatoms. The van der Waals surface area contributed by atoms with Crippen LogP contribution in [0.2, 0.25) is 0 Å². The molecule has 0 aliphatic carbocycles. The van der Waals surface area contributed by atoms with E-state index < -0.39 is 0 Å². The van der Waals surface area contributed by atoms with E-state index in [1.165, 1.54) is 0 Å². The van der Waals surface area contributed by atoms with E-state index in [4.69, 9.17) is 8.83 Å². The van der Waals surface area contributed by atoms with Gasteiger partial charge in [-0.25, -0.2) is 0 Å². The summed E-state index contributed by atoms with van der Waals surface area (Å²) in [6.45, 7) is 0. The molecule has 0 aliphatic heterocycles. The quantitative estimate of drug-likeness (QED) is 0.724. The molecule has 0 atom stereocenters. The molecule has 0 unspecified atom stereocenters. The molecule has 94 valence electrons. The van der Waals surface area contributed by atoms with Crippen LogP contribution in [0, 0.1) is 0 Å². The van der Waals surface area contributed by atoms with Crippen LogP contribution in [0.4, 0.5) is 0 Å². The van der Waals surface area contributed by atoms with Crippen molar-refractivity contribution < 1.29 is 8.83 Å². The fraction of sp³-hybridized carbons (Fsp3) is 0. The second-order valence-electron chi connectivity index (χ2n) is 3.80. The summed E-state index contributed by atoms with van der Waals surface area (Å²) in [5.74, 6) is 1.66. The summed E-state index contributed by atoms with van der Waals surface area (Å²) in [6.07, 6.45) is 5.10. The van der Waals surface area contributed by atoms with Crippen LogP contribution in [0.15, 0.2) is 56.0 Å². The number of benzene rings is 1. The van der Waals surface area contributed by atoms with E-state index in [1.54, 1.807) is 18.4 Å². The van der Waals surface area contributed by atoms with E-state index in [9.17, 15) is 0 Å². The number of halogens is 1. The zero-order chi connectivity index (χ0) is 13.1. The van der Waals surface area contributed by atoms with Gasteiger partial charge in [-0.3, -0.25) is 0 Å². The molecule has 0 N–H and O–H groups in total. The maximum absolute atomic E-state index is 5.55. The highest BCUT2D eigenvalue weighted by atomic mass is 79.9. The molecule has 2 aromatic heterocycles. The second kappa shape index (κ2) is 5.24. The Hall–Kier alpha value is -2.14. The maximum Gasteiger partial charge on any atom is 0.248 e. The van der Waals surface area contributed by atoms with E-state index in [2.05, 4.69) is 26.1 Å². The van der Waals surface area contributed by atoms with E-state index in [0.29, 0.717) is 11.8 Å². The number of rotatable bonds is 3. The number of furan rings is 1. The molecule has 0 fully saturated rings. The first-order valence-corrected chi connectivity index (χ1v) is 6.41. The summed E-state index contributed by atoms with van der Waals surface area (Å²) in [4.78, 5) is 0. The predicted octanol–water partition coefficient (Wildman–Crippen LogP) is 4.26. The molecule has 19 heavy (non-hydrogen) atoms. The Labute approximate surface area is 117 Å². The summed E-state index contributed by atoms with van der Waals surface area (Å²) in [5.41, 5.74) is 0.875. The van der Waals surface area contributed by atoms with Gasteiger partial charge in [0.15, 0.2) is 0 Å². The molecule has 4 nitrogen and oxygen atoms in total. The molecule has 0 amide bonds. The van der Waals surface area contributed by atoms with Gasteiger partial charge in [0.25, 0.3) is 0 Å². The molecule has 1 aromatic carbocycles. The van der Waals surface area contributed by atoms with Crippen molar-refractivity contribution in [1.29, 1.82) is 0 Å². The van der Waals surface area contributed by atoms with Gasteiger partial charge in [0.1, 0.15) is 5.76 Å². The average Bonchev–Trinajstić information content (AvgIpc) is 3.08. The molecule has 0 spiro atoms. The monoisotopic (exact) mass is 316 g/mol. The van der Waals surface area contributed by atoms with Crippen LogP contribution in [0.1, 0.15) is 11.7 Å². The van der Waals surface area contributed by atoms with Crippen LogP contribution in [0.5, 0.6) is 0 Å². The molecule has 0 saturated carbocycles. The van der Waals surface area contributed by atoms with Crippen LogP contribution < -0.4 is 0 Å². The zero-order valence-corrected chi connectivity index (χ0v) is 11.4. The first-order valence-electron chi connectivity index (χ1n) is 5.62. The Morgan fingerprint density at radius 1 is 1.05 bits per heavy atom. The lowest BCUT2D eigenvalue weighted by Crippen LogP contribution is -1.76. The van der Waals surface area contributed by atoms with Crippen LogP contribution in [0.3, 0.4) is 0 Å². The number of aromatic nitrogens is 2. The highest BCUT2D eigenvalue weighted by Gasteiger charge is 2.06. The summed E-state index contributed by atoms with van der Waals surface area (Å²) < 4.78 is 11.7. The fourth-order valence-electron chi connectivity index (χ4n) is 1.58. The Balaban J connectivity index is 1.83. The minimum absolute atomic E-state index is 0.436. The standard InChI is InChI=1S/C14H9BrN2O2/c15-11-4-1-3-10(9-11)14-17-16-13(19-14)7-6-12-5-2-8-18-12/h1-9H/b7-6+. The molecule has 0 saturated heterocycles. The third-order valence-corrected chi connectivity index (χ3v) is 2.94. The first kappa shape index (κ1) is 11.9. The van der Waals surface area contributed by atoms with Crippen molar-refractivity contribution in [1.82, 2.24) is 10.2 Å². The lowest BCUT2D eigenvalue weighted by Gasteiger charge is -1.94. The molecular weight excluding hydrogens is 308 g/mol. The summed E-state index contributed by atoms with van der Waals surface area (Å²) in [6, 6.07) is 11.4. The molecule has 0 radical (unpaired) electrons. The van der Waals surface area contributed by atoms with E-state index in [1.807, 2.05) is 36.4 Å². The number of nitrogens with zero attached hydrogens (tertiary/aromatic N) is 2. The summed E-state index contributed by atoms with van der Waals surface area (Å²) >= 11 is 3.41. The molecule has 0 aliphatic rings. The van der Waals surface area contributed by atoms with E-state index in [-0.39, 0.29) is 0 Å². The Bertz CT molecular complexity index is 702. The fourth-order valence-corrected chi connectivity index (χ4v) is 1.98. The van der Waals surface area contributed by atoms with Gasteiger partial charge in [0.05, 0.1) is 6.26 Å². The van der Waals surface area contributed by atoms with Crippen LogP contribution in [0.25, 0.3) is 23.6 Å². The van der Waals surface area contributed by atoms with Gasteiger partial charge in [0, 0.05) is 16.1 Å². The van der Waals surface area contributed by atoms with E-state index >= 15 is 0 Å². The van der Waals surface area contributed by atoms with Gasteiger partial charge in [-0.2, -0.15) is 0 Å². The molecule has 3 aromatic rings. The Kier molecular flexibility index (Phi) is 3.29. The minimum atomic E-state index is 0.436. The normalized spacial score (nSPS) is 11.2. The van der Waals surface area contributed by atoms with Gasteiger partial charge in [-0.05, 0) is 36.4 Å². The van der Waals surface area contributed by atoms with Crippen molar-refractivity contribution in [2.24, 2.45) is 0 Å². The number of hydrogen-bond donors (Lipinski definition) is 0. The van der Waals surface area contributed by atoms with Crippen molar-refractivity contribution in [3.63, 3.8) is 0 Å². The van der Waals surface area contributed by atoms with Crippen LogP contribution in [-0.4, -0.2) is 10.2 Å². The van der Waals surface area contributed by atoms with Gasteiger partial charge < -0.3 is 8.83 Å². The highest BCUT2D eigenvalue weighted by Crippen LogP contribution is 2.22. The van der Waals surface area contributed by atoms with Crippen molar-refractivity contribution in [3.05, 3.63) is 58.8 Å². The zero-order valence-electron chi connectivity index (χ0n) is 9.79. The van der Waals surface area contributed by atoms with Crippen LogP contribution >= 0.6 is 15.9 Å². The van der Waals surface area contributed by atoms with Gasteiger partial charge in [-0.1, -0.05) is 22.0 Å². The average molecular weight is 317 g/mol. The Morgan fingerprint density at radius 2 is 2.00 bits per heavy atom. The summed E-state index contributed by atoms with van der Waals surface area (Å²) in [7, 11) is 0. The van der Waals surface area contributed by atoms with Crippen molar-refractivity contribution in [2.45, 2.75) is 0 Å². The lowest BCUT2D eigenvalue weighted by atomic mass is 10.2. The van der Waals surface area contributed by atoms with Gasteiger partial charge in [-0.15, -0.1) is 10.2 Å². The minimum Gasteiger partial charge on any atom is -0.465 e. The molecular formula is C14H9BrN2O2. The van der Waals surface area contributed by atoms with Gasteiger partial charge in [0.2, 0.25) is 11.8 Å². The number of hydrogen-bond acceptors (Lipinski definition) is 4. The third kappa shape index (κ3) is 2.82. The SMILES string of the molecule is Brc1cccc(-c2nnc(/C=C/c3ccco3)o2)c1. The van der Waals surface area contributed by atoms with E-state index in [0.717, 1.165) is 15.8 Å². The molecule has 0 bridgehead atoms. The van der Waals surface area contributed by atoms with Crippen molar-refractivity contribution >= 4 is 28.1 Å². The summed E-state index contributed by atoms with van der Waals surface area (Å²) in [5, 5.41) is 7.97. The van der Waals surface area contributed by atoms with Crippen LogP contribution in [-0.2, 0) is 0 Å². The predicted molar refractivity (Wildman–Crippen MR) is 75.1 cm³/mol. The Morgan fingerprint density at radius 3 is 2.79 bits per heavy atom. The molecule has 2 heterocycles. The smallest absolute Gasteiger partial charge is 0.248 e. The molecule has 3 rings (SSSR count). The third-order valence-electron chi connectivity index (χ3n) is 2.45. The first-order chi connectivity index (χ1) is 9.31. The largest absolute Gasteiger partial charge is 0.465 e. The maximum atomic E-state index is 5.55. The lowest BCUT2D eigenvalue weighted by molar-refractivity contribution is 0.552. The highest BCUT2D eigenvalue weighted by molar-refractivity contribution is 9.10. The van der Waals surface area contributed by atoms with Gasteiger partial charge >= 0.3 is 0 Å². The topological polar surface area (TPSA) is 52.1 Å². The van der Waals surface area contributed by atoms with Crippen molar-refractivity contribution in [2.75, 3.05) is 0 Å². The second-order valence-corrected chi connectivity index (χ2v) is 4.72.